The smallest absolute Gasteiger partial charge is 0.343 e. The first kappa shape index (κ1) is 24.8. The van der Waals surface area contributed by atoms with Crippen LogP contribution in [-0.4, -0.2) is 21.8 Å². The summed E-state index contributed by atoms with van der Waals surface area (Å²) < 4.78 is 8.29. The first-order valence-electron chi connectivity index (χ1n) is 11.3. The van der Waals surface area contributed by atoms with Gasteiger partial charge in [0.25, 0.3) is 5.56 Å². The Bertz CT molecular complexity index is 1710. The van der Waals surface area contributed by atoms with Crippen LogP contribution in [0.5, 0.6) is 5.75 Å². The van der Waals surface area contributed by atoms with E-state index in [0.717, 1.165) is 15.6 Å². The molecule has 0 spiro atoms. The molecule has 8 heteroatoms. The molecule has 0 radical (unpaired) electrons. The van der Waals surface area contributed by atoms with Crippen molar-refractivity contribution in [2.45, 2.75) is 6.92 Å². The summed E-state index contributed by atoms with van der Waals surface area (Å²) in [7, 11) is 0. The molecule has 0 saturated carbocycles. The molecule has 182 valence electrons. The Morgan fingerprint density at radius 1 is 0.946 bits per heavy atom. The van der Waals surface area contributed by atoms with E-state index < -0.39 is 5.97 Å². The van der Waals surface area contributed by atoms with Crippen LogP contribution in [0.2, 0.25) is 0 Å². The van der Waals surface area contributed by atoms with Gasteiger partial charge in [0.2, 0.25) is 0 Å². The molecule has 5 aromatic rings. The first-order valence-corrected chi connectivity index (χ1v) is 12.9. The Kier molecular flexibility index (Phi) is 7.12. The minimum absolute atomic E-state index is 0.277. The van der Waals surface area contributed by atoms with Gasteiger partial charge in [0.05, 0.1) is 27.2 Å². The van der Waals surface area contributed by atoms with Crippen molar-refractivity contribution in [3.8, 4) is 17.1 Å². The summed E-state index contributed by atoms with van der Waals surface area (Å²) in [5.74, 6) is 0.166. The van der Waals surface area contributed by atoms with Crippen LogP contribution in [0.1, 0.15) is 21.5 Å². The molecule has 0 aliphatic rings. The van der Waals surface area contributed by atoms with Gasteiger partial charge in [0.1, 0.15) is 0 Å². The van der Waals surface area contributed by atoms with E-state index in [1.807, 2.05) is 43.3 Å². The zero-order chi connectivity index (χ0) is 25.9. The topological polar surface area (TPSA) is 73.6 Å². The van der Waals surface area contributed by atoms with Crippen LogP contribution >= 0.6 is 31.9 Å². The zero-order valence-corrected chi connectivity index (χ0v) is 22.7. The summed E-state index contributed by atoms with van der Waals surface area (Å²) >= 11 is 6.96. The van der Waals surface area contributed by atoms with Crippen molar-refractivity contribution in [3.05, 3.63) is 127 Å². The quantitative estimate of drug-likeness (QED) is 0.121. The number of hydrogen-bond donors (Lipinski definition) is 0. The molecule has 0 amide bonds. The number of aromatic nitrogens is 2. The summed E-state index contributed by atoms with van der Waals surface area (Å²) in [6, 6.07) is 27.1. The lowest BCUT2D eigenvalue weighted by atomic mass is 10.1. The standard InChI is InChI=1S/C29H19Br2N3O3/c1-18-11-13-19(14-12-18)27-33-25-10-6-5-9-23(25)28(35)34(27)32-17-21-15-22(30)16-24(31)26(21)37-29(36)20-7-3-2-4-8-20/h2-17H,1H3. The summed E-state index contributed by atoms with van der Waals surface area (Å²) in [5, 5.41) is 4.98. The van der Waals surface area contributed by atoms with Crippen molar-refractivity contribution in [2.75, 3.05) is 0 Å². The lowest BCUT2D eigenvalue weighted by molar-refractivity contribution is 0.0733. The molecule has 0 saturated heterocycles. The summed E-state index contributed by atoms with van der Waals surface area (Å²) in [5.41, 5.74) is 3.01. The van der Waals surface area contributed by atoms with Gasteiger partial charge >= 0.3 is 5.97 Å². The first-order chi connectivity index (χ1) is 17.9. The fourth-order valence-electron chi connectivity index (χ4n) is 3.75. The van der Waals surface area contributed by atoms with E-state index in [2.05, 4.69) is 37.0 Å². The van der Waals surface area contributed by atoms with Gasteiger partial charge in [-0.25, -0.2) is 9.78 Å². The van der Waals surface area contributed by atoms with Gasteiger partial charge in [-0.15, -0.1) is 0 Å². The summed E-state index contributed by atoms with van der Waals surface area (Å²) in [4.78, 5) is 31.0. The van der Waals surface area contributed by atoms with Crippen LogP contribution in [0, 0.1) is 6.92 Å². The number of carbonyl (C=O) groups is 1. The molecule has 0 bridgehead atoms. The van der Waals surface area contributed by atoms with Crippen LogP contribution in [0.3, 0.4) is 0 Å². The van der Waals surface area contributed by atoms with E-state index in [0.29, 0.717) is 32.3 Å². The highest BCUT2D eigenvalue weighted by atomic mass is 79.9. The predicted octanol–water partition coefficient (Wildman–Crippen LogP) is 7.00. The average Bonchev–Trinajstić information content (AvgIpc) is 2.90. The predicted molar refractivity (Wildman–Crippen MR) is 152 cm³/mol. The van der Waals surface area contributed by atoms with Crippen molar-refractivity contribution < 1.29 is 9.53 Å². The fourth-order valence-corrected chi connectivity index (χ4v) is 5.09. The molecule has 0 N–H and O–H groups in total. The fraction of sp³-hybridized carbons (Fsp3) is 0.0345. The van der Waals surface area contributed by atoms with Gasteiger partial charge in [-0.3, -0.25) is 4.79 Å². The minimum atomic E-state index is -0.511. The number of fused-ring (bicyclic) bond motifs is 1. The van der Waals surface area contributed by atoms with Crippen molar-refractivity contribution in [1.82, 2.24) is 9.66 Å². The third kappa shape index (κ3) is 5.30. The Hall–Kier alpha value is -3.88. The minimum Gasteiger partial charge on any atom is -0.421 e. The molecular weight excluding hydrogens is 598 g/mol. The molecule has 37 heavy (non-hydrogen) atoms. The lowest BCUT2D eigenvalue weighted by Gasteiger charge is -2.12. The van der Waals surface area contributed by atoms with E-state index in [-0.39, 0.29) is 11.3 Å². The van der Waals surface area contributed by atoms with Crippen molar-refractivity contribution in [2.24, 2.45) is 5.10 Å². The summed E-state index contributed by atoms with van der Waals surface area (Å²) in [6.45, 7) is 1.99. The van der Waals surface area contributed by atoms with Gasteiger partial charge < -0.3 is 4.74 Å². The van der Waals surface area contributed by atoms with Crippen molar-refractivity contribution >= 4 is 54.9 Å². The number of aryl methyl sites for hydroxylation is 1. The molecule has 0 atom stereocenters. The molecule has 4 aromatic carbocycles. The molecular formula is C29H19Br2N3O3. The van der Waals surface area contributed by atoms with Crippen LogP contribution in [0.15, 0.2) is 110 Å². The number of esters is 1. The normalized spacial score (nSPS) is 11.2. The van der Waals surface area contributed by atoms with E-state index in [9.17, 15) is 9.59 Å². The van der Waals surface area contributed by atoms with Crippen LogP contribution < -0.4 is 10.3 Å². The Balaban J connectivity index is 1.63. The zero-order valence-electron chi connectivity index (χ0n) is 19.6. The lowest BCUT2D eigenvalue weighted by Crippen LogP contribution is -2.20. The molecule has 0 unspecified atom stereocenters. The maximum Gasteiger partial charge on any atom is 0.343 e. The maximum atomic E-state index is 13.5. The molecule has 6 nitrogen and oxygen atoms in total. The number of carbonyl (C=O) groups excluding carboxylic acids is 1. The number of rotatable bonds is 5. The second-order valence-corrected chi connectivity index (χ2v) is 10.0. The van der Waals surface area contributed by atoms with E-state index in [4.69, 9.17) is 9.72 Å². The van der Waals surface area contributed by atoms with Crippen LogP contribution in [0.4, 0.5) is 0 Å². The monoisotopic (exact) mass is 615 g/mol. The molecule has 0 aliphatic heterocycles. The average molecular weight is 617 g/mol. The molecule has 1 heterocycles. The second kappa shape index (κ2) is 10.6. The SMILES string of the molecule is Cc1ccc(-c2nc3ccccc3c(=O)n2N=Cc2cc(Br)cc(Br)c2OC(=O)c2ccccc2)cc1. The molecule has 1 aromatic heterocycles. The van der Waals surface area contributed by atoms with E-state index >= 15 is 0 Å². The van der Waals surface area contributed by atoms with Gasteiger partial charge in [-0.05, 0) is 59.3 Å². The number of para-hydroxylation sites is 1. The second-order valence-electron chi connectivity index (χ2n) is 8.24. The molecule has 0 aliphatic carbocycles. The number of ether oxygens (including phenoxy) is 1. The largest absolute Gasteiger partial charge is 0.421 e. The number of nitrogens with zero attached hydrogens (tertiary/aromatic N) is 3. The number of hydrogen-bond acceptors (Lipinski definition) is 5. The van der Waals surface area contributed by atoms with E-state index in [1.54, 1.807) is 54.6 Å². The molecule has 0 fully saturated rings. The van der Waals surface area contributed by atoms with Gasteiger partial charge in [0, 0.05) is 15.6 Å². The highest BCUT2D eigenvalue weighted by Gasteiger charge is 2.16. The highest BCUT2D eigenvalue weighted by Crippen LogP contribution is 2.33. The Labute approximate surface area is 229 Å². The number of benzene rings is 4. The Morgan fingerprint density at radius 3 is 2.41 bits per heavy atom. The number of halogens is 2. The van der Waals surface area contributed by atoms with Crippen LogP contribution in [0.25, 0.3) is 22.3 Å². The maximum absolute atomic E-state index is 13.5. The van der Waals surface area contributed by atoms with E-state index in [1.165, 1.54) is 10.9 Å². The highest BCUT2D eigenvalue weighted by molar-refractivity contribution is 9.11. The van der Waals surface area contributed by atoms with Gasteiger partial charge in [-0.1, -0.05) is 76.1 Å². The van der Waals surface area contributed by atoms with Gasteiger partial charge in [-0.2, -0.15) is 9.78 Å². The van der Waals surface area contributed by atoms with Crippen molar-refractivity contribution in [3.63, 3.8) is 0 Å². The van der Waals surface area contributed by atoms with Gasteiger partial charge in [0.15, 0.2) is 11.6 Å². The van der Waals surface area contributed by atoms with Crippen molar-refractivity contribution in [1.29, 1.82) is 0 Å². The molecule has 5 rings (SSSR count). The summed E-state index contributed by atoms with van der Waals surface area (Å²) in [6.07, 6.45) is 1.48. The Morgan fingerprint density at radius 2 is 1.65 bits per heavy atom. The van der Waals surface area contributed by atoms with Crippen LogP contribution in [-0.2, 0) is 0 Å². The third-order valence-corrected chi connectivity index (χ3v) is 6.66. The third-order valence-electron chi connectivity index (χ3n) is 5.62.